The molecule has 0 saturated carbocycles. The average Bonchev–Trinajstić information content (AvgIpc) is 2.97. The molecule has 158 valence electrons. The van der Waals surface area contributed by atoms with Crippen LogP contribution in [-0.4, -0.2) is 60.7 Å². The Bertz CT molecular complexity index is 1180. The smallest absolute Gasteiger partial charge is 0.197 e. The molecule has 4 atom stereocenters. The van der Waals surface area contributed by atoms with Gasteiger partial charge in [0.2, 0.25) is 0 Å². The lowest BCUT2D eigenvalue weighted by atomic mass is 9.97. The van der Waals surface area contributed by atoms with Crippen LogP contribution in [0.5, 0.6) is 23.0 Å². The molecule has 3 aromatic rings. The lowest BCUT2D eigenvalue weighted by Gasteiger charge is -2.18. The number of phenolic OH excluding ortho intramolecular Hbond substituents is 4. The number of hydrogen-bond donors (Lipinski definition) is 7. The summed E-state index contributed by atoms with van der Waals surface area (Å²) in [6.07, 6.45) is -5.56. The van der Waals surface area contributed by atoms with Gasteiger partial charge in [-0.3, -0.25) is 4.79 Å². The minimum atomic E-state index is -1.57. The molecule has 30 heavy (non-hydrogen) atoms. The highest BCUT2D eigenvalue weighted by Gasteiger charge is 2.45. The topological polar surface area (TPSA) is 181 Å². The number of hydrogen-bond acceptors (Lipinski definition) is 10. The maximum absolute atomic E-state index is 12.7. The van der Waals surface area contributed by atoms with Crippen molar-refractivity contribution >= 4 is 11.0 Å². The molecule has 10 nitrogen and oxygen atoms in total. The molecule has 1 aliphatic rings. The lowest BCUT2D eigenvalue weighted by molar-refractivity contribution is -0.0238. The Morgan fingerprint density at radius 3 is 2.27 bits per heavy atom. The van der Waals surface area contributed by atoms with Crippen LogP contribution in [0, 0.1) is 0 Å². The van der Waals surface area contributed by atoms with Crippen LogP contribution in [0.1, 0.15) is 11.7 Å². The summed E-state index contributed by atoms with van der Waals surface area (Å²) in [7, 11) is 0. The van der Waals surface area contributed by atoms with Crippen molar-refractivity contribution < 1.29 is 44.9 Å². The van der Waals surface area contributed by atoms with E-state index in [1.54, 1.807) is 0 Å². The highest BCUT2D eigenvalue weighted by molar-refractivity contribution is 5.88. The molecule has 4 rings (SSSR count). The molecule has 2 heterocycles. The highest BCUT2D eigenvalue weighted by Crippen LogP contribution is 2.45. The Kier molecular flexibility index (Phi) is 4.79. The summed E-state index contributed by atoms with van der Waals surface area (Å²) in [6, 6.07) is 5.87. The molecule has 7 N–H and O–H groups in total. The Morgan fingerprint density at radius 2 is 1.63 bits per heavy atom. The number of fused-ring (bicyclic) bond motifs is 1. The molecule has 0 aliphatic carbocycles. The van der Waals surface area contributed by atoms with Gasteiger partial charge in [0.25, 0.3) is 0 Å². The number of benzene rings is 2. The number of ether oxygens (including phenoxy) is 1. The van der Waals surface area contributed by atoms with Gasteiger partial charge >= 0.3 is 0 Å². The maximum atomic E-state index is 12.7. The van der Waals surface area contributed by atoms with Gasteiger partial charge in [-0.25, -0.2) is 0 Å². The zero-order valence-electron chi connectivity index (χ0n) is 15.3. The first-order chi connectivity index (χ1) is 14.2. The molecule has 0 unspecified atom stereocenters. The second kappa shape index (κ2) is 7.18. The molecule has 0 spiro atoms. The molecule has 1 fully saturated rings. The summed E-state index contributed by atoms with van der Waals surface area (Å²) < 4.78 is 10.9. The summed E-state index contributed by atoms with van der Waals surface area (Å²) in [5.74, 6) is -2.05. The third kappa shape index (κ3) is 3.02. The minimum absolute atomic E-state index is 0.00210. The van der Waals surface area contributed by atoms with Crippen LogP contribution >= 0.6 is 0 Å². The van der Waals surface area contributed by atoms with Crippen molar-refractivity contribution in [1.82, 2.24) is 0 Å². The zero-order valence-corrected chi connectivity index (χ0v) is 15.3. The van der Waals surface area contributed by atoms with Crippen molar-refractivity contribution in [2.24, 2.45) is 0 Å². The summed E-state index contributed by atoms with van der Waals surface area (Å²) in [4.78, 5) is 12.7. The van der Waals surface area contributed by atoms with Crippen molar-refractivity contribution in [1.29, 1.82) is 0 Å². The minimum Gasteiger partial charge on any atom is -0.507 e. The first kappa shape index (κ1) is 20.0. The van der Waals surface area contributed by atoms with E-state index >= 15 is 0 Å². The molecular formula is C20H18O10. The number of rotatable bonds is 3. The van der Waals surface area contributed by atoms with Crippen LogP contribution in [0.15, 0.2) is 39.5 Å². The van der Waals surface area contributed by atoms with Crippen molar-refractivity contribution in [2.45, 2.75) is 24.4 Å². The van der Waals surface area contributed by atoms with Gasteiger partial charge < -0.3 is 44.9 Å². The fraction of sp³-hybridized carbons (Fsp3) is 0.250. The van der Waals surface area contributed by atoms with Crippen LogP contribution in [0.4, 0.5) is 0 Å². The van der Waals surface area contributed by atoms with E-state index in [0.29, 0.717) is 0 Å². The number of aromatic hydroxyl groups is 4. The predicted octanol–water partition coefficient (Wildman–Crippen LogP) is 0.436. The van der Waals surface area contributed by atoms with Gasteiger partial charge in [-0.15, -0.1) is 0 Å². The van der Waals surface area contributed by atoms with Gasteiger partial charge in [-0.1, -0.05) is 0 Å². The maximum Gasteiger partial charge on any atom is 0.197 e. The molecule has 0 amide bonds. The van der Waals surface area contributed by atoms with Gasteiger partial charge in [0.05, 0.1) is 12.2 Å². The Labute approximate surface area is 168 Å². The van der Waals surface area contributed by atoms with Crippen molar-refractivity contribution in [3.8, 4) is 34.3 Å². The number of phenols is 4. The van der Waals surface area contributed by atoms with Gasteiger partial charge in [0.15, 0.2) is 16.9 Å². The lowest BCUT2D eigenvalue weighted by Crippen LogP contribution is -2.32. The van der Waals surface area contributed by atoms with E-state index < -0.39 is 53.7 Å². The molecule has 0 radical (unpaired) electrons. The van der Waals surface area contributed by atoms with Gasteiger partial charge in [0, 0.05) is 17.7 Å². The molecule has 1 saturated heterocycles. The largest absolute Gasteiger partial charge is 0.507 e. The molecular weight excluding hydrogens is 400 g/mol. The van der Waals surface area contributed by atoms with E-state index in [9.17, 15) is 40.5 Å². The SMILES string of the molecule is O=c1cc(-c2ccc(O)c(O)c2)oc2cc(O)c([C@@H]3O[C@@H](CO)[C@H](O)[C@H]3O)c(O)c12. The third-order valence-electron chi connectivity index (χ3n) is 5.10. The Hall–Kier alpha value is -3.31. The van der Waals surface area contributed by atoms with Gasteiger partial charge in [-0.05, 0) is 18.2 Å². The van der Waals surface area contributed by atoms with Crippen LogP contribution in [0.25, 0.3) is 22.3 Å². The number of aliphatic hydroxyl groups excluding tert-OH is 3. The first-order valence-electron chi connectivity index (χ1n) is 8.90. The van der Waals surface area contributed by atoms with E-state index in [0.717, 1.165) is 12.1 Å². The third-order valence-corrected chi connectivity index (χ3v) is 5.10. The Balaban J connectivity index is 1.87. The normalized spacial score (nSPS) is 23.8. The number of aliphatic hydroxyl groups is 3. The monoisotopic (exact) mass is 418 g/mol. The first-order valence-corrected chi connectivity index (χ1v) is 8.90. The fourth-order valence-corrected chi connectivity index (χ4v) is 3.54. The second-order valence-corrected chi connectivity index (χ2v) is 6.97. The second-order valence-electron chi connectivity index (χ2n) is 6.97. The highest BCUT2D eigenvalue weighted by atomic mass is 16.6. The van der Waals surface area contributed by atoms with Crippen LogP contribution < -0.4 is 5.43 Å². The molecule has 0 bridgehead atoms. The van der Waals surface area contributed by atoms with Crippen LogP contribution in [-0.2, 0) is 4.74 Å². The van der Waals surface area contributed by atoms with Crippen LogP contribution in [0.2, 0.25) is 0 Å². The summed E-state index contributed by atoms with van der Waals surface area (Å²) in [5, 5.41) is 69.2. The van der Waals surface area contributed by atoms with Crippen molar-refractivity contribution in [3.05, 3.63) is 46.1 Å². The van der Waals surface area contributed by atoms with Crippen molar-refractivity contribution in [2.75, 3.05) is 6.61 Å². The molecule has 10 heteroatoms. The molecule has 1 aromatic heterocycles. The molecule has 2 aromatic carbocycles. The van der Waals surface area contributed by atoms with Crippen LogP contribution in [0.3, 0.4) is 0 Å². The standard InChI is InChI=1S/C20H18O10/c21-6-14-17(26)19(28)20(30-14)16-11(25)5-13-15(18(16)27)10(24)4-12(29-13)7-1-2-8(22)9(23)3-7/h1-5,14,17,19-23,25-28H,6H2/t14-,17-,19+,20-/m0/s1. The van der Waals surface area contributed by atoms with E-state index in [1.807, 2.05) is 0 Å². The van der Waals surface area contributed by atoms with E-state index in [1.165, 1.54) is 18.2 Å². The van der Waals surface area contributed by atoms with E-state index in [-0.39, 0.29) is 33.6 Å². The predicted molar refractivity (Wildman–Crippen MR) is 101 cm³/mol. The van der Waals surface area contributed by atoms with Gasteiger partial charge in [-0.2, -0.15) is 0 Å². The average molecular weight is 418 g/mol. The quantitative estimate of drug-likeness (QED) is 0.295. The summed E-state index contributed by atoms with van der Waals surface area (Å²) in [6.45, 7) is -0.602. The Morgan fingerprint density at radius 1 is 0.900 bits per heavy atom. The summed E-state index contributed by atoms with van der Waals surface area (Å²) >= 11 is 0. The molecule has 1 aliphatic heterocycles. The summed E-state index contributed by atoms with van der Waals surface area (Å²) in [5.41, 5.74) is -0.942. The van der Waals surface area contributed by atoms with Gasteiger partial charge in [0.1, 0.15) is 52.6 Å². The fourth-order valence-electron chi connectivity index (χ4n) is 3.54. The van der Waals surface area contributed by atoms with E-state index in [2.05, 4.69) is 0 Å². The zero-order chi connectivity index (χ0) is 21.7. The van der Waals surface area contributed by atoms with E-state index in [4.69, 9.17) is 9.15 Å². The van der Waals surface area contributed by atoms with Crippen molar-refractivity contribution in [3.63, 3.8) is 0 Å².